The molecule has 0 aliphatic heterocycles. The summed E-state index contributed by atoms with van der Waals surface area (Å²) >= 11 is 11.9. The van der Waals surface area contributed by atoms with Gasteiger partial charge in [-0.2, -0.15) is 0 Å². The number of methoxy groups -OCH3 is 1. The standard InChI is InChI=1S/C11H7Cl2NO3/c1-16-11(15)9-10(17-5-14-9)6-3-2-4-7(12)8(6)13/h2-5H,1H3. The molecule has 0 amide bonds. The molecule has 0 aliphatic carbocycles. The molecule has 0 saturated carbocycles. The second kappa shape index (κ2) is 4.77. The monoisotopic (exact) mass is 271 g/mol. The fourth-order valence-electron chi connectivity index (χ4n) is 1.36. The Morgan fingerprint density at radius 2 is 2.18 bits per heavy atom. The zero-order valence-corrected chi connectivity index (χ0v) is 10.2. The maximum atomic E-state index is 11.4. The largest absolute Gasteiger partial charge is 0.464 e. The van der Waals surface area contributed by atoms with Crippen molar-refractivity contribution in [2.45, 2.75) is 0 Å². The van der Waals surface area contributed by atoms with Gasteiger partial charge in [-0.1, -0.05) is 29.3 Å². The van der Waals surface area contributed by atoms with E-state index in [0.717, 1.165) is 6.39 Å². The summed E-state index contributed by atoms with van der Waals surface area (Å²) in [5, 5.41) is 0.674. The molecule has 2 rings (SSSR count). The minimum atomic E-state index is -0.593. The van der Waals surface area contributed by atoms with Gasteiger partial charge in [0.1, 0.15) is 0 Å². The molecule has 1 heterocycles. The first-order valence-electron chi connectivity index (χ1n) is 4.61. The summed E-state index contributed by atoms with van der Waals surface area (Å²) in [7, 11) is 1.26. The van der Waals surface area contributed by atoms with Gasteiger partial charge in [0.15, 0.2) is 17.8 Å². The van der Waals surface area contributed by atoms with E-state index in [1.54, 1.807) is 18.2 Å². The molecule has 0 N–H and O–H groups in total. The summed E-state index contributed by atoms with van der Waals surface area (Å²) in [4.78, 5) is 15.2. The van der Waals surface area contributed by atoms with E-state index in [1.165, 1.54) is 7.11 Å². The van der Waals surface area contributed by atoms with Crippen molar-refractivity contribution in [3.05, 3.63) is 40.3 Å². The average Bonchev–Trinajstić information content (AvgIpc) is 2.80. The maximum Gasteiger partial charge on any atom is 0.360 e. The number of rotatable bonds is 2. The highest BCUT2D eigenvalue weighted by Gasteiger charge is 2.21. The first-order chi connectivity index (χ1) is 8.15. The van der Waals surface area contributed by atoms with Crippen molar-refractivity contribution in [1.82, 2.24) is 4.98 Å². The molecular formula is C11H7Cl2NO3. The molecule has 0 aliphatic rings. The van der Waals surface area contributed by atoms with E-state index < -0.39 is 5.97 Å². The van der Waals surface area contributed by atoms with Gasteiger partial charge in [0.2, 0.25) is 0 Å². The van der Waals surface area contributed by atoms with Crippen molar-refractivity contribution in [3.8, 4) is 11.3 Å². The Morgan fingerprint density at radius 3 is 2.88 bits per heavy atom. The summed E-state index contributed by atoms with van der Waals surface area (Å²) in [6.45, 7) is 0. The number of carbonyl (C=O) groups excluding carboxylic acids is 1. The van der Waals surface area contributed by atoms with Crippen LogP contribution in [0, 0.1) is 0 Å². The minimum absolute atomic E-state index is 0.0664. The molecule has 0 radical (unpaired) electrons. The molecule has 4 nitrogen and oxygen atoms in total. The number of aromatic nitrogens is 1. The summed E-state index contributed by atoms with van der Waals surface area (Å²) in [5.74, 6) is -0.353. The number of benzene rings is 1. The third kappa shape index (κ3) is 2.14. The summed E-state index contributed by atoms with van der Waals surface area (Å²) < 4.78 is 9.74. The van der Waals surface area contributed by atoms with Crippen LogP contribution in [0.4, 0.5) is 0 Å². The van der Waals surface area contributed by atoms with Crippen LogP contribution in [0.5, 0.6) is 0 Å². The first-order valence-corrected chi connectivity index (χ1v) is 5.37. The normalized spacial score (nSPS) is 10.3. The lowest BCUT2D eigenvalue weighted by Crippen LogP contribution is -2.03. The van der Waals surface area contributed by atoms with E-state index in [4.69, 9.17) is 27.6 Å². The van der Waals surface area contributed by atoms with Crippen LogP contribution in [-0.2, 0) is 4.74 Å². The number of oxazole rings is 1. The number of carbonyl (C=O) groups is 1. The second-order valence-electron chi connectivity index (χ2n) is 3.12. The molecule has 0 atom stereocenters. The Labute approximate surface area is 107 Å². The molecule has 0 fully saturated rings. The van der Waals surface area contributed by atoms with Crippen molar-refractivity contribution < 1.29 is 13.9 Å². The van der Waals surface area contributed by atoms with Crippen LogP contribution in [0.25, 0.3) is 11.3 Å². The van der Waals surface area contributed by atoms with Crippen molar-refractivity contribution in [1.29, 1.82) is 0 Å². The molecule has 17 heavy (non-hydrogen) atoms. The van der Waals surface area contributed by atoms with Crippen LogP contribution in [0.3, 0.4) is 0 Å². The predicted molar refractivity (Wildman–Crippen MR) is 63.3 cm³/mol. The van der Waals surface area contributed by atoms with Crippen LogP contribution in [0.2, 0.25) is 10.0 Å². The van der Waals surface area contributed by atoms with Gasteiger partial charge in [0.25, 0.3) is 0 Å². The molecule has 2 aromatic rings. The van der Waals surface area contributed by atoms with E-state index in [-0.39, 0.29) is 11.5 Å². The van der Waals surface area contributed by atoms with E-state index in [0.29, 0.717) is 15.6 Å². The van der Waals surface area contributed by atoms with Gasteiger partial charge in [-0.3, -0.25) is 0 Å². The van der Waals surface area contributed by atoms with Crippen LogP contribution in [0.15, 0.2) is 29.0 Å². The lowest BCUT2D eigenvalue weighted by Gasteiger charge is -2.03. The molecule has 1 aromatic carbocycles. The molecule has 0 bridgehead atoms. The van der Waals surface area contributed by atoms with E-state index in [1.807, 2.05) is 0 Å². The highest BCUT2D eigenvalue weighted by Crippen LogP contribution is 2.34. The molecule has 0 saturated heterocycles. The van der Waals surface area contributed by atoms with Crippen LogP contribution in [-0.4, -0.2) is 18.1 Å². The number of halogens is 2. The van der Waals surface area contributed by atoms with Crippen molar-refractivity contribution in [2.75, 3.05) is 7.11 Å². The zero-order valence-electron chi connectivity index (χ0n) is 8.74. The molecule has 88 valence electrons. The number of nitrogens with zero attached hydrogens (tertiary/aromatic N) is 1. The van der Waals surface area contributed by atoms with Crippen molar-refractivity contribution in [3.63, 3.8) is 0 Å². The van der Waals surface area contributed by atoms with Crippen LogP contribution < -0.4 is 0 Å². The number of hydrogen-bond acceptors (Lipinski definition) is 4. The summed E-state index contributed by atoms with van der Waals surface area (Å²) in [5.41, 5.74) is 0.564. The van der Waals surface area contributed by atoms with Gasteiger partial charge < -0.3 is 9.15 Å². The van der Waals surface area contributed by atoms with Gasteiger partial charge in [-0.15, -0.1) is 0 Å². The van der Waals surface area contributed by atoms with E-state index in [2.05, 4.69) is 9.72 Å². The topological polar surface area (TPSA) is 52.3 Å². The Hall–Kier alpha value is -1.52. The van der Waals surface area contributed by atoms with Crippen LogP contribution >= 0.6 is 23.2 Å². The Morgan fingerprint density at radius 1 is 1.41 bits per heavy atom. The fourth-order valence-corrected chi connectivity index (χ4v) is 1.74. The zero-order chi connectivity index (χ0) is 12.4. The smallest absolute Gasteiger partial charge is 0.360 e. The third-order valence-corrected chi connectivity index (χ3v) is 2.96. The molecule has 0 unspecified atom stereocenters. The van der Waals surface area contributed by atoms with E-state index >= 15 is 0 Å². The molecule has 6 heteroatoms. The second-order valence-corrected chi connectivity index (χ2v) is 3.91. The third-order valence-electron chi connectivity index (χ3n) is 2.14. The maximum absolute atomic E-state index is 11.4. The van der Waals surface area contributed by atoms with Gasteiger partial charge in [0, 0.05) is 5.56 Å². The van der Waals surface area contributed by atoms with Crippen molar-refractivity contribution >= 4 is 29.2 Å². The summed E-state index contributed by atoms with van der Waals surface area (Å²) in [6, 6.07) is 5.02. The lowest BCUT2D eigenvalue weighted by molar-refractivity contribution is 0.0595. The predicted octanol–water partition coefficient (Wildman–Crippen LogP) is 3.44. The fraction of sp³-hybridized carbons (Fsp3) is 0.0909. The van der Waals surface area contributed by atoms with Gasteiger partial charge in [0.05, 0.1) is 17.2 Å². The Bertz CT molecular complexity index is 566. The Balaban J connectivity index is 2.58. The van der Waals surface area contributed by atoms with Crippen molar-refractivity contribution in [2.24, 2.45) is 0 Å². The minimum Gasteiger partial charge on any atom is -0.464 e. The Kier molecular flexibility index (Phi) is 3.36. The number of hydrogen-bond donors (Lipinski definition) is 0. The molecule has 0 spiro atoms. The average molecular weight is 272 g/mol. The SMILES string of the molecule is COC(=O)c1ncoc1-c1cccc(Cl)c1Cl. The highest BCUT2D eigenvalue weighted by atomic mass is 35.5. The summed E-state index contributed by atoms with van der Waals surface area (Å²) in [6.07, 6.45) is 1.15. The van der Waals surface area contributed by atoms with Gasteiger partial charge >= 0.3 is 5.97 Å². The number of ether oxygens (including phenoxy) is 1. The highest BCUT2D eigenvalue weighted by molar-refractivity contribution is 6.43. The molecule has 1 aromatic heterocycles. The lowest BCUT2D eigenvalue weighted by atomic mass is 10.1. The molecular weight excluding hydrogens is 265 g/mol. The quantitative estimate of drug-likeness (QED) is 0.786. The number of esters is 1. The van der Waals surface area contributed by atoms with E-state index in [9.17, 15) is 4.79 Å². The van der Waals surface area contributed by atoms with Gasteiger partial charge in [-0.05, 0) is 12.1 Å². The first kappa shape index (κ1) is 12.0. The van der Waals surface area contributed by atoms with Gasteiger partial charge in [-0.25, -0.2) is 9.78 Å². The van der Waals surface area contributed by atoms with Crippen LogP contribution in [0.1, 0.15) is 10.5 Å².